The van der Waals surface area contributed by atoms with Crippen LogP contribution < -0.4 is 16.0 Å². The van der Waals surface area contributed by atoms with E-state index < -0.39 is 6.04 Å². The van der Waals surface area contributed by atoms with E-state index in [-0.39, 0.29) is 29.8 Å². The summed E-state index contributed by atoms with van der Waals surface area (Å²) in [5.41, 5.74) is 1.72. The molecule has 1 aromatic heterocycles. The van der Waals surface area contributed by atoms with Gasteiger partial charge in [-0.15, -0.1) is 0 Å². The fourth-order valence-electron chi connectivity index (χ4n) is 4.51. The second kappa shape index (κ2) is 9.16. The summed E-state index contributed by atoms with van der Waals surface area (Å²) in [6.07, 6.45) is 3.31. The van der Waals surface area contributed by atoms with Crippen LogP contribution >= 0.6 is 0 Å². The molecule has 3 heterocycles. The molecule has 8 nitrogen and oxygen atoms in total. The third-order valence-electron chi connectivity index (χ3n) is 6.20. The molecule has 0 saturated carbocycles. The number of nitrogens with one attached hydrogen (secondary N) is 3. The van der Waals surface area contributed by atoms with E-state index in [1.54, 1.807) is 36.4 Å². The number of furan rings is 1. The lowest BCUT2D eigenvalue weighted by atomic mass is 9.95. The number of hydrogen-bond donors (Lipinski definition) is 3. The third-order valence-corrected chi connectivity index (χ3v) is 6.20. The molecule has 0 spiro atoms. The van der Waals surface area contributed by atoms with Gasteiger partial charge in [-0.2, -0.15) is 0 Å². The van der Waals surface area contributed by atoms with E-state index in [4.69, 9.17) is 4.42 Å². The molecule has 1 fully saturated rings. The van der Waals surface area contributed by atoms with Crippen LogP contribution in [0.3, 0.4) is 0 Å². The van der Waals surface area contributed by atoms with E-state index in [0.717, 1.165) is 12.0 Å². The Morgan fingerprint density at radius 2 is 2.09 bits per heavy atom. The SMILES string of the molecule is CNC(CC(C)C)C(=O)NC1CCN2C(=O)c3cc(-c4ccco4)ccc3NC(=O)C2C1. The lowest BCUT2D eigenvalue weighted by molar-refractivity contribution is -0.126. The molecule has 0 bridgehead atoms. The molecule has 3 amide bonds. The zero-order chi connectivity index (χ0) is 22.8. The van der Waals surface area contributed by atoms with Gasteiger partial charge >= 0.3 is 0 Å². The molecule has 2 aliphatic heterocycles. The van der Waals surface area contributed by atoms with E-state index in [2.05, 4.69) is 29.8 Å². The van der Waals surface area contributed by atoms with Crippen molar-refractivity contribution in [3.8, 4) is 11.3 Å². The van der Waals surface area contributed by atoms with E-state index in [1.807, 2.05) is 12.1 Å². The van der Waals surface area contributed by atoms with Crippen molar-refractivity contribution in [1.82, 2.24) is 15.5 Å². The summed E-state index contributed by atoms with van der Waals surface area (Å²) in [6.45, 7) is 4.56. The van der Waals surface area contributed by atoms with Gasteiger partial charge in [0.15, 0.2) is 0 Å². The quantitative estimate of drug-likeness (QED) is 0.643. The minimum absolute atomic E-state index is 0.0635. The van der Waals surface area contributed by atoms with Crippen molar-refractivity contribution in [2.45, 2.75) is 51.2 Å². The number of carbonyl (C=O) groups excluding carboxylic acids is 3. The zero-order valence-corrected chi connectivity index (χ0v) is 18.7. The molecule has 0 radical (unpaired) electrons. The molecule has 170 valence electrons. The first-order valence-electron chi connectivity index (χ1n) is 11.1. The fourth-order valence-corrected chi connectivity index (χ4v) is 4.51. The van der Waals surface area contributed by atoms with Crippen molar-refractivity contribution in [2.75, 3.05) is 18.9 Å². The summed E-state index contributed by atoms with van der Waals surface area (Å²) in [5.74, 6) is 0.569. The van der Waals surface area contributed by atoms with Crippen LogP contribution in [-0.2, 0) is 9.59 Å². The number of likely N-dealkylation sites (N-methyl/N-ethyl adjacent to an activating group) is 1. The number of piperidine rings is 1. The van der Waals surface area contributed by atoms with Crippen molar-refractivity contribution in [1.29, 1.82) is 0 Å². The molecule has 1 saturated heterocycles. The number of anilines is 1. The maximum absolute atomic E-state index is 13.3. The van der Waals surface area contributed by atoms with Gasteiger partial charge in [0.25, 0.3) is 5.91 Å². The molecular weight excluding hydrogens is 408 g/mol. The maximum atomic E-state index is 13.3. The average Bonchev–Trinajstić information content (AvgIpc) is 3.29. The minimum Gasteiger partial charge on any atom is -0.464 e. The molecule has 1 aromatic carbocycles. The van der Waals surface area contributed by atoms with E-state index in [0.29, 0.717) is 42.3 Å². The van der Waals surface area contributed by atoms with Gasteiger partial charge in [0.05, 0.1) is 23.6 Å². The Kier molecular flexibility index (Phi) is 6.32. The first-order chi connectivity index (χ1) is 15.4. The number of fused-ring (bicyclic) bond motifs is 2. The second-order valence-corrected chi connectivity index (χ2v) is 8.94. The Morgan fingerprint density at radius 1 is 1.28 bits per heavy atom. The van der Waals surface area contributed by atoms with Crippen LogP contribution in [0.1, 0.15) is 43.5 Å². The molecule has 2 aliphatic rings. The second-order valence-electron chi connectivity index (χ2n) is 8.94. The molecule has 3 N–H and O–H groups in total. The number of amides is 3. The summed E-state index contributed by atoms with van der Waals surface area (Å²) in [6, 6.07) is 7.88. The Hall–Kier alpha value is -3.13. The highest BCUT2D eigenvalue weighted by Crippen LogP contribution is 2.32. The van der Waals surface area contributed by atoms with Gasteiger partial charge in [0.2, 0.25) is 11.8 Å². The van der Waals surface area contributed by atoms with Crippen LogP contribution in [0.5, 0.6) is 0 Å². The van der Waals surface area contributed by atoms with Crippen molar-refractivity contribution in [3.63, 3.8) is 0 Å². The van der Waals surface area contributed by atoms with Crippen molar-refractivity contribution in [3.05, 3.63) is 42.2 Å². The Balaban J connectivity index is 1.50. The molecule has 0 aliphatic carbocycles. The van der Waals surface area contributed by atoms with Crippen LogP contribution in [-0.4, -0.2) is 54.3 Å². The highest BCUT2D eigenvalue weighted by molar-refractivity contribution is 6.10. The number of hydrogen-bond acceptors (Lipinski definition) is 5. The van der Waals surface area contributed by atoms with Gasteiger partial charge in [0.1, 0.15) is 11.8 Å². The predicted octanol–water partition coefficient (Wildman–Crippen LogP) is 2.62. The highest BCUT2D eigenvalue weighted by Gasteiger charge is 2.40. The smallest absolute Gasteiger partial charge is 0.256 e. The normalized spacial score (nSPS) is 21.4. The van der Waals surface area contributed by atoms with Crippen LogP contribution in [0.2, 0.25) is 0 Å². The number of nitrogens with zero attached hydrogens (tertiary/aromatic N) is 1. The van der Waals surface area contributed by atoms with Gasteiger partial charge in [-0.05, 0) is 62.6 Å². The molecule has 3 atom stereocenters. The Morgan fingerprint density at radius 3 is 2.78 bits per heavy atom. The van der Waals surface area contributed by atoms with Gasteiger partial charge in [-0.25, -0.2) is 0 Å². The predicted molar refractivity (Wildman–Crippen MR) is 121 cm³/mol. The lowest BCUT2D eigenvalue weighted by Crippen LogP contribution is -2.56. The maximum Gasteiger partial charge on any atom is 0.256 e. The molecule has 3 unspecified atom stereocenters. The average molecular weight is 439 g/mol. The standard InChI is InChI=1S/C24H30N4O4/c1-14(2)11-19(25-3)22(29)26-16-8-9-28-20(13-16)23(30)27-18-7-6-15(12-17(18)24(28)31)21-5-4-10-32-21/h4-7,10,12,14,16,19-20,25H,8-9,11,13H2,1-3H3,(H,26,29)(H,27,30). The van der Waals surface area contributed by atoms with Gasteiger partial charge in [-0.1, -0.05) is 13.8 Å². The lowest BCUT2D eigenvalue weighted by Gasteiger charge is -2.37. The van der Waals surface area contributed by atoms with Gasteiger partial charge < -0.3 is 25.3 Å². The van der Waals surface area contributed by atoms with Crippen molar-refractivity contribution in [2.24, 2.45) is 5.92 Å². The van der Waals surface area contributed by atoms with Crippen LogP contribution in [0, 0.1) is 5.92 Å². The topological polar surface area (TPSA) is 104 Å². The number of rotatable bonds is 6. The number of carbonyl (C=O) groups is 3. The summed E-state index contributed by atoms with van der Waals surface area (Å²) in [5, 5.41) is 9.05. The van der Waals surface area contributed by atoms with Crippen LogP contribution in [0.15, 0.2) is 41.0 Å². The van der Waals surface area contributed by atoms with E-state index >= 15 is 0 Å². The Bertz CT molecular complexity index is 1000. The molecule has 2 aromatic rings. The van der Waals surface area contributed by atoms with Gasteiger partial charge in [-0.3, -0.25) is 14.4 Å². The third kappa shape index (κ3) is 4.41. The molecule has 32 heavy (non-hydrogen) atoms. The summed E-state index contributed by atoms with van der Waals surface area (Å²) < 4.78 is 5.45. The zero-order valence-electron chi connectivity index (χ0n) is 18.7. The highest BCUT2D eigenvalue weighted by atomic mass is 16.3. The largest absolute Gasteiger partial charge is 0.464 e. The van der Waals surface area contributed by atoms with E-state index in [9.17, 15) is 14.4 Å². The first kappa shape index (κ1) is 22.1. The minimum atomic E-state index is -0.626. The summed E-state index contributed by atoms with van der Waals surface area (Å²) in [7, 11) is 1.78. The van der Waals surface area contributed by atoms with Crippen LogP contribution in [0.4, 0.5) is 5.69 Å². The monoisotopic (exact) mass is 438 g/mol. The summed E-state index contributed by atoms with van der Waals surface area (Å²) >= 11 is 0. The number of benzene rings is 1. The van der Waals surface area contributed by atoms with Crippen LogP contribution in [0.25, 0.3) is 11.3 Å². The van der Waals surface area contributed by atoms with E-state index in [1.165, 1.54) is 0 Å². The fraction of sp³-hybridized carbons (Fsp3) is 0.458. The molecule has 8 heteroatoms. The molecule has 4 rings (SSSR count). The first-order valence-corrected chi connectivity index (χ1v) is 11.1. The molecular formula is C24H30N4O4. The summed E-state index contributed by atoms with van der Waals surface area (Å²) in [4.78, 5) is 40.7. The van der Waals surface area contributed by atoms with Crippen molar-refractivity contribution >= 4 is 23.4 Å². The Labute approximate surface area is 187 Å². The van der Waals surface area contributed by atoms with Crippen molar-refractivity contribution < 1.29 is 18.8 Å². The van der Waals surface area contributed by atoms with Gasteiger partial charge in [0, 0.05) is 18.2 Å².